The second-order valence-corrected chi connectivity index (χ2v) is 3.72. The molecule has 0 saturated heterocycles. The van der Waals surface area contributed by atoms with Crippen molar-refractivity contribution in [1.29, 1.82) is 0 Å². The quantitative estimate of drug-likeness (QED) is 0.529. The van der Waals surface area contributed by atoms with Gasteiger partial charge in [0.05, 0.1) is 5.92 Å². The van der Waals surface area contributed by atoms with Crippen molar-refractivity contribution in [2.45, 2.75) is 25.7 Å². The Morgan fingerprint density at radius 1 is 1.14 bits per heavy atom. The standard InChI is InChI=1S/C12H14O2/c13-12(10-6-4-5-7-10)14-11-8-2-1-3-9-11/h1-3,8-10H,4-7H2. The highest BCUT2D eigenvalue weighted by molar-refractivity contribution is 5.75. The highest BCUT2D eigenvalue weighted by Crippen LogP contribution is 2.26. The molecule has 0 bridgehead atoms. The van der Waals surface area contributed by atoms with Crippen molar-refractivity contribution in [2.24, 2.45) is 5.92 Å². The van der Waals surface area contributed by atoms with E-state index in [0.717, 1.165) is 25.7 Å². The summed E-state index contributed by atoms with van der Waals surface area (Å²) in [5.74, 6) is 0.730. The van der Waals surface area contributed by atoms with Crippen molar-refractivity contribution in [2.75, 3.05) is 0 Å². The Labute approximate surface area is 83.9 Å². The largest absolute Gasteiger partial charge is 0.426 e. The van der Waals surface area contributed by atoms with Crippen LogP contribution in [0, 0.1) is 5.92 Å². The van der Waals surface area contributed by atoms with Crippen LogP contribution in [0.5, 0.6) is 5.75 Å². The molecule has 0 spiro atoms. The first-order chi connectivity index (χ1) is 6.86. The number of carbonyl (C=O) groups is 1. The van der Waals surface area contributed by atoms with Gasteiger partial charge in [0, 0.05) is 0 Å². The minimum absolute atomic E-state index is 0.0614. The molecule has 1 saturated carbocycles. The molecule has 0 atom stereocenters. The van der Waals surface area contributed by atoms with Crippen molar-refractivity contribution in [3.05, 3.63) is 30.3 Å². The fourth-order valence-corrected chi connectivity index (χ4v) is 1.85. The van der Waals surface area contributed by atoms with Crippen LogP contribution in [0.25, 0.3) is 0 Å². The monoisotopic (exact) mass is 190 g/mol. The van der Waals surface area contributed by atoms with Crippen molar-refractivity contribution >= 4 is 5.97 Å². The zero-order valence-electron chi connectivity index (χ0n) is 8.11. The van der Waals surface area contributed by atoms with Gasteiger partial charge >= 0.3 is 5.97 Å². The van der Waals surface area contributed by atoms with Gasteiger partial charge in [-0.3, -0.25) is 4.79 Å². The number of ether oxygens (including phenoxy) is 1. The van der Waals surface area contributed by atoms with E-state index in [1.807, 2.05) is 30.3 Å². The zero-order chi connectivity index (χ0) is 9.80. The number of rotatable bonds is 2. The van der Waals surface area contributed by atoms with E-state index < -0.39 is 0 Å². The van der Waals surface area contributed by atoms with Crippen LogP contribution in [0.3, 0.4) is 0 Å². The summed E-state index contributed by atoms with van der Waals surface area (Å²) in [6.45, 7) is 0. The fourth-order valence-electron chi connectivity index (χ4n) is 1.85. The van der Waals surface area contributed by atoms with E-state index in [1.54, 1.807) is 0 Å². The van der Waals surface area contributed by atoms with E-state index in [9.17, 15) is 4.79 Å². The average Bonchev–Trinajstić information content (AvgIpc) is 2.72. The Balaban J connectivity index is 1.94. The van der Waals surface area contributed by atoms with Gasteiger partial charge in [-0.15, -0.1) is 0 Å². The van der Waals surface area contributed by atoms with Crippen LogP contribution in [-0.2, 0) is 4.79 Å². The van der Waals surface area contributed by atoms with Crippen LogP contribution in [0.15, 0.2) is 30.3 Å². The summed E-state index contributed by atoms with van der Waals surface area (Å²) in [6.07, 6.45) is 4.31. The number of hydrogen-bond donors (Lipinski definition) is 0. The molecule has 1 aliphatic rings. The van der Waals surface area contributed by atoms with Crippen LogP contribution in [0.4, 0.5) is 0 Å². The lowest BCUT2D eigenvalue weighted by molar-refractivity contribution is -0.138. The van der Waals surface area contributed by atoms with Crippen molar-refractivity contribution in [1.82, 2.24) is 0 Å². The molecule has 0 aromatic heterocycles. The molecule has 0 unspecified atom stereocenters. The van der Waals surface area contributed by atoms with Gasteiger partial charge < -0.3 is 4.74 Å². The van der Waals surface area contributed by atoms with Gasteiger partial charge in [0.25, 0.3) is 0 Å². The van der Waals surface area contributed by atoms with Gasteiger partial charge in [0.2, 0.25) is 0 Å². The molecule has 0 N–H and O–H groups in total. The van der Waals surface area contributed by atoms with Crippen LogP contribution in [0.2, 0.25) is 0 Å². The van der Waals surface area contributed by atoms with E-state index >= 15 is 0 Å². The molecule has 2 rings (SSSR count). The molecule has 2 nitrogen and oxygen atoms in total. The third-order valence-electron chi connectivity index (χ3n) is 2.65. The molecule has 14 heavy (non-hydrogen) atoms. The Bertz CT molecular complexity index is 299. The SMILES string of the molecule is O=C(Oc1ccccc1)C1CCCC1. The van der Waals surface area contributed by atoms with Crippen LogP contribution >= 0.6 is 0 Å². The lowest BCUT2D eigenvalue weighted by Gasteiger charge is -2.08. The van der Waals surface area contributed by atoms with Gasteiger partial charge in [-0.25, -0.2) is 0 Å². The number of hydrogen-bond acceptors (Lipinski definition) is 2. The first kappa shape index (κ1) is 9.25. The van der Waals surface area contributed by atoms with E-state index in [-0.39, 0.29) is 11.9 Å². The van der Waals surface area contributed by atoms with E-state index in [4.69, 9.17) is 4.74 Å². The predicted octanol–water partition coefficient (Wildman–Crippen LogP) is 2.78. The molecule has 74 valence electrons. The molecule has 0 heterocycles. The number of esters is 1. The molecule has 0 aliphatic heterocycles. The normalized spacial score (nSPS) is 16.9. The first-order valence-electron chi connectivity index (χ1n) is 5.13. The molecule has 1 aromatic carbocycles. The second kappa shape index (κ2) is 4.27. The van der Waals surface area contributed by atoms with Gasteiger partial charge in [-0.1, -0.05) is 31.0 Å². The summed E-state index contributed by atoms with van der Waals surface area (Å²) >= 11 is 0. The van der Waals surface area contributed by atoms with Gasteiger partial charge in [0.1, 0.15) is 5.75 Å². The summed E-state index contributed by atoms with van der Waals surface area (Å²) in [7, 11) is 0. The molecule has 2 heteroatoms. The minimum Gasteiger partial charge on any atom is -0.426 e. The topological polar surface area (TPSA) is 26.3 Å². The third kappa shape index (κ3) is 2.13. The predicted molar refractivity (Wildman–Crippen MR) is 54.0 cm³/mol. The Morgan fingerprint density at radius 3 is 2.43 bits per heavy atom. The van der Waals surface area contributed by atoms with Crippen molar-refractivity contribution in [3.8, 4) is 5.75 Å². The van der Waals surface area contributed by atoms with Crippen LogP contribution < -0.4 is 4.74 Å². The average molecular weight is 190 g/mol. The molecule has 1 aliphatic carbocycles. The maximum atomic E-state index is 11.6. The number of para-hydroxylation sites is 1. The maximum Gasteiger partial charge on any atom is 0.314 e. The lowest BCUT2D eigenvalue weighted by atomic mass is 10.1. The van der Waals surface area contributed by atoms with E-state index in [1.165, 1.54) is 0 Å². The highest BCUT2D eigenvalue weighted by atomic mass is 16.5. The molecule has 0 radical (unpaired) electrons. The van der Waals surface area contributed by atoms with Gasteiger partial charge in [-0.2, -0.15) is 0 Å². The van der Waals surface area contributed by atoms with E-state index in [2.05, 4.69) is 0 Å². The van der Waals surface area contributed by atoms with Crippen molar-refractivity contribution in [3.63, 3.8) is 0 Å². The molecular formula is C12H14O2. The summed E-state index contributed by atoms with van der Waals surface area (Å²) < 4.78 is 5.26. The molecular weight excluding hydrogens is 176 g/mol. The summed E-state index contributed by atoms with van der Waals surface area (Å²) in [6, 6.07) is 9.28. The first-order valence-corrected chi connectivity index (χ1v) is 5.13. The fraction of sp³-hybridized carbons (Fsp3) is 0.417. The van der Waals surface area contributed by atoms with Gasteiger partial charge in [-0.05, 0) is 25.0 Å². The Kier molecular flexibility index (Phi) is 2.82. The third-order valence-corrected chi connectivity index (χ3v) is 2.65. The maximum absolute atomic E-state index is 11.6. The summed E-state index contributed by atoms with van der Waals surface area (Å²) in [5.41, 5.74) is 0. The molecule has 1 fully saturated rings. The lowest BCUT2D eigenvalue weighted by Crippen LogP contribution is -2.17. The number of carbonyl (C=O) groups excluding carboxylic acids is 1. The smallest absolute Gasteiger partial charge is 0.314 e. The minimum atomic E-state index is -0.0614. The Morgan fingerprint density at radius 2 is 1.79 bits per heavy atom. The summed E-state index contributed by atoms with van der Waals surface area (Å²) in [5, 5.41) is 0. The second-order valence-electron chi connectivity index (χ2n) is 3.72. The van der Waals surface area contributed by atoms with Crippen LogP contribution in [0.1, 0.15) is 25.7 Å². The molecule has 1 aromatic rings. The van der Waals surface area contributed by atoms with Crippen LogP contribution in [-0.4, -0.2) is 5.97 Å². The zero-order valence-corrected chi connectivity index (χ0v) is 8.11. The van der Waals surface area contributed by atoms with E-state index in [0.29, 0.717) is 5.75 Å². The molecule has 0 amide bonds. The number of benzene rings is 1. The van der Waals surface area contributed by atoms with Crippen molar-refractivity contribution < 1.29 is 9.53 Å². The highest BCUT2D eigenvalue weighted by Gasteiger charge is 2.24. The Hall–Kier alpha value is -1.31. The van der Waals surface area contributed by atoms with Gasteiger partial charge in [0.15, 0.2) is 0 Å². The summed E-state index contributed by atoms with van der Waals surface area (Å²) in [4.78, 5) is 11.6.